The maximum atomic E-state index is 6.68. The molecule has 9 atom stereocenters. The summed E-state index contributed by atoms with van der Waals surface area (Å²) in [5.74, 6) is 4.70. The Morgan fingerprint density at radius 2 is 0.750 bits per heavy atom. The van der Waals surface area contributed by atoms with Crippen molar-refractivity contribution in [3.63, 3.8) is 0 Å². The molecule has 0 aromatic carbocycles. The zero-order valence-corrected chi connectivity index (χ0v) is 38.9. The largest absolute Gasteiger partial charge is 0.358 e. The van der Waals surface area contributed by atoms with Gasteiger partial charge < -0.3 is 4.74 Å². The highest BCUT2D eigenvalue weighted by atomic mass is 16.5. The number of hydrogen-bond donors (Lipinski definition) is 1. The number of hydrogen-bond acceptors (Lipinski definition) is 5. The second kappa shape index (κ2) is 19.7. The van der Waals surface area contributed by atoms with Gasteiger partial charge in [0.15, 0.2) is 0 Å². The fourth-order valence-corrected chi connectivity index (χ4v) is 18.6. The molecule has 0 bridgehead atoms. The van der Waals surface area contributed by atoms with Crippen LogP contribution in [-0.4, -0.2) is 87.5 Å². The van der Waals surface area contributed by atoms with Gasteiger partial charge in [0.1, 0.15) is 6.23 Å². The summed E-state index contributed by atoms with van der Waals surface area (Å²) in [5, 5.41) is 3.99. The van der Waals surface area contributed by atoms with Crippen molar-refractivity contribution in [3.8, 4) is 0 Å². The van der Waals surface area contributed by atoms with Crippen LogP contribution < -0.4 is 5.32 Å². The van der Waals surface area contributed by atoms with E-state index >= 15 is 0 Å². The van der Waals surface area contributed by atoms with Gasteiger partial charge in [-0.25, -0.2) is 0 Å². The van der Waals surface area contributed by atoms with E-state index in [1.807, 2.05) is 0 Å². The van der Waals surface area contributed by atoms with E-state index in [2.05, 4.69) is 20.0 Å². The Morgan fingerprint density at radius 1 is 0.350 bits per heavy atom. The topological polar surface area (TPSA) is 31.0 Å². The summed E-state index contributed by atoms with van der Waals surface area (Å²) in [4.78, 5) is 10.0. The molecule has 0 aromatic heterocycles. The van der Waals surface area contributed by atoms with Gasteiger partial charge in [0, 0.05) is 60.4 Å². The first-order chi connectivity index (χ1) is 29.7. The molecule has 9 aliphatic carbocycles. The zero-order chi connectivity index (χ0) is 39.8. The summed E-state index contributed by atoms with van der Waals surface area (Å²) in [6, 6.07) is 8.71. The molecule has 0 spiro atoms. The first-order valence-electron chi connectivity index (χ1n) is 28.5. The molecule has 0 radical (unpaired) electrons. The van der Waals surface area contributed by atoms with E-state index in [-0.39, 0.29) is 0 Å². The van der Waals surface area contributed by atoms with Crippen LogP contribution in [0.4, 0.5) is 0 Å². The van der Waals surface area contributed by atoms with Crippen LogP contribution in [0.2, 0.25) is 0 Å². The lowest BCUT2D eigenvalue weighted by molar-refractivity contribution is -0.0250. The second-order valence-electron chi connectivity index (χ2n) is 24.3. The van der Waals surface area contributed by atoms with E-state index in [0.717, 1.165) is 84.0 Å². The number of fused-ring (bicyclic) bond motifs is 4. The Bertz CT molecular complexity index is 1200. The van der Waals surface area contributed by atoms with Crippen molar-refractivity contribution < 1.29 is 4.74 Å². The van der Waals surface area contributed by atoms with E-state index in [9.17, 15) is 0 Å². The molecule has 11 fully saturated rings. The third kappa shape index (κ3) is 8.89. The molecule has 60 heavy (non-hydrogen) atoms. The summed E-state index contributed by atoms with van der Waals surface area (Å²) < 4.78 is 6.68. The van der Waals surface area contributed by atoms with Gasteiger partial charge in [-0.1, -0.05) is 89.9 Å². The van der Waals surface area contributed by atoms with Crippen LogP contribution in [-0.2, 0) is 4.74 Å². The van der Waals surface area contributed by atoms with Crippen molar-refractivity contribution in [2.24, 2.45) is 29.6 Å². The number of nitrogens with zero attached hydrogens (tertiary/aromatic N) is 3. The van der Waals surface area contributed by atoms with Gasteiger partial charge in [-0.05, 0) is 184 Å². The van der Waals surface area contributed by atoms with Crippen LogP contribution in [0.15, 0.2) is 0 Å². The SMILES string of the molecule is C1CCC(N(C2CCCCC2)C2CCC3C(C2)C2CC(N(C4CCCCC4)C4CCCCC4)CCC2N3C2CCC(C3CCC(C4NC5CCCCC5O4)CC3)CC2)CC1. The quantitative estimate of drug-likeness (QED) is 0.250. The Balaban J connectivity index is 0.792. The van der Waals surface area contributed by atoms with Gasteiger partial charge >= 0.3 is 0 Å². The average molecular weight is 827 g/mol. The molecule has 0 aromatic rings. The Hall–Kier alpha value is -0.200. The average Bonchev–Trinajstić information content (AvgIpc) is 3.90. The van der Waals surface area contributed by atoms with Crippen LogP contribution in [0.25, 0.3) is 0 Å². The summed E-state index contributed by atoms with van der Waals surface area (Å²) in [7, 11) is 0. The predicted octanol–water partition coefficient (Wildman–Crippen LogP) is 12.9. The molecule has 9 saturated carbocycles. The first-order valence-corrected chi connectivity index (χ1v) is 28.5. The van der Waals surface area contributed by atoms with Gasteiger partial charge in [0.25, 0.3) is 0 Å². The smallest absolute Gasteiger partial charge is 0.111 e. The molecule has 340 valence electrons. The van der Waals surface area contributed by atoms with Crippen molar-refractivity contribution in [1.29, 1.82) is 0 Å². The Labute approximate surface area is 369 Å². The highest BCUT2D eigenvalue weighted by molar-refractivity contribution is 5.11. The number of nitrogens with one attached hydrogen (secondary N) is 1. The fraction of sp³-hybridized carbons (Fsp3) is 1.00. The molecule has 2 heterocycles. The van der Waals surface area contributed by atoms with Crippen molar-refractivity contribution >= 4 is 0 Å². The Morgan fingerprint density at radius 3 is 1.20 bits per heavy atom. The normalized spacial score (nSPS) is 44.8. The van der Waals surface area contributed by atoms with E-state index in [1.165, 1.54) is 231 Å². The lowest BCUT2D eigenvalue weighted by Gasteiger charge is -2.51. The molecule has 11 rings (SSSR count). The minimum Gasteiger partial charge on any atom is -0.358 e. The van der Waals surface area contributed by atoms with E-state index in [0.29, 0.717) is 18.4 Å². The van der Waals surface area contributed by atoms with Gasteiger partial charge in [-0.15, -0.1) is 0 Å². The zero-order valence-electron chi connectivity index (χ0n) is 38.9. The third-order valence-corrected chi connectivity index (χ3v) is 21.3. The minimum absolute atomic E-state index is 0.367. The van der Waals surface area contributed by atoms with Crippen molar-refractivity contribution in [2.75, 3.05) is 0 Å². The molecule has 5 nitrogen and oxygen atoms in total. The standard InChI is InChI=1S/C55H94N4O/c1-5-15-42(16-6-1)57(43-17-7-2-8-18-43)47-33-35-52-49(37-47)50-38-48(58(44-19-9-3-10-20-44)45-21-11-4-12-22-45)34-36-53(50)59(52)46-31-29-40(30-32-46)39-25-27-41(28-26-39)55-56-51-23-13-14-24-54(51)60-55/h39-56H,1-38H2. The maximum Gasteiger partial charge on any atom is 0.111 e. The van der Waals surface area contributed by atoms with E-state index in [1.54, 1.807) is 12.8 Å². The van der Waals surface area contributed by atoms with Crippen LogP contribution in [0.3, 0.4) is 0 Å². The number of ether oxygens (including phenoxy) is 1. The molecule has 9 unspecified atom stereocenters. The molecule has 0 amide bonds. The first kappa shape index (κ1) is 42.4. The van der Waals surface area contributed by atoms with Crippen LogP contribution in [0.5, 0.6) is 0 Å². The highest BCUT2D eigenvalue weighted by Crippen LogP contribution is 2.55. The number of likely N-dealkylation sites (tertiary alicyclic amines) is 1. The van der Waals surface area contributed by atoms with Crippen LogP contribution in [0.1, 0.15) is 244 Å². The lowest BCUT2D eigenvalue weighted by atomic mass is 9.69. The molecule has 11 aliphatic rings. The molecule has 1 N–H and O–H groups in total. The van der Waals surface area contributed by atoms with Crippen molar-refractivity contribution in [1.82, 2.24) is 20.0 Å². The Kier molecular flexibility index (Phi) is 13.9. The second-order valence-corrected chi connectivity index (χ2v) is 24.3. The summed E-state index contributed by atoms with van der Waals surface area (Å²) >= 11 is 0. The molecule has 2 aliphatic heterocycles. The van der Waals surface area contributed by atoms with Crippen LogP contribution in [0, 0.1) is 29.6 Å². The molecule has 2 saturated heterocycles. The van der Waals surface area contributed by atoms with Crippen LogP contribution >= 0.6 is 0 Å². The van der Waals surface area contributed by atoms with Gasteiger partial charge in [0.2, 0.25) is 0 Å². The summed E-state index contributed by atoms with van der Waals surface area (Å²) in [6.45, 7) is 0. The molecular weight excluding hydrogens is 733 g/mol. The fourth-order valence-electron chi connectivity index (χ4n) is 18.6. The number of rotatable bonds is 9. The lowest BCUT2D eigenvalue weighted by Crippen LogP contribution is -2.55. The van der Waals surface area contributed by atoms with Gasteiger partial charge in [-0.2, -0.15) is 0 Å². The van der Waals surface area contributed by atoms with E-state index < -0.39 is 0 Å². The predicted molar refractivity (Wildman–Crippen MR) is 248 cm³/mol. The van der Waals surface area contributed by atoms with Gasteiger partial charge in [0.05, 0.1) is 6.10 Å². The monoisotopic (exact) mass is 827 g/mol. The van der Waals surface area contributed by atoms with Crippen molar-refractivity contribution in [2.45, 2.75) is 317 Å². The molecule has 5 heteroatoms. The van der Waals surface area contributed by atoms with E-state index in [4.69, 9.17) is 4.74 Å². The highest BCUT2D eigenvalue weighted by Gasteiger charge is 2.57. The summed E-state index contributed by atoms with van der Waals surface area (Å²) in [5.41, 5.74) is 0. The molecular formula is C55H94N4O. The van der Waals surface area contributed by atoms with Crippen molar-refractivity contribution in [3.05, 3.63) is 0 Å². The summed E-state index contributed by atoms with van der Waals surface area (Å²) in [6.07, 6.45) is 57.5. The maximum absolute atomic E-state index is 6.68. The van der Waals surface area contributed by atoms with Gasteiger partial charge in [-0.3, -0.25) is 20.0 Å². The third-order valence-electron chi connectivity index (χ3n) is 21.3. The minimum atomic E-state index is 0.367.